The highest BCUT2D eigenvalue weighted by Gasteiger charge is 2.27. The predicted octanol–water partition coefficient (Wildman–Crippen LogP) is 1.02. The van der Waals surface area contributed by atoms with Gasteiger partial charge in [0.1, 0.15) is 10.7 Å². The van der Waals surface area contributed by atoms with E-state index in [4.69, 9.17) is 10.5 Å². The summed E-state index contributed by atoms with van der Waals surface area (Å²) in [6.07, 6.45) is 0.876. The first-order valence-corrected chi connectivity index (χ1v) is 6.80. The van der Waals surface area contributed by atoms with Gasteiger partial charge in [0.05, 0.1) is 12.6 Å². The summed E-state index contributed by atoms with van der Waals surface area (Å²) in [7, 11) is 1.79. The van der Waals surface area contributed by atoms with E-state index in [-0.39, 0.29) is 11.9 Å². The SMILES string of the molecule is CCNc1nc(N)c(C(=O)N(C)C2CCOC2)s1. The lowest BCUT2D eigenvalue weighted by Gasteiger charge is -2.22. The average molecular weight is 270 g/mol. The van der Waals surface area contributed by atoms with Crippen LogP contribution in [0.15, 0.2) is 0 Å². The fourth-order valence-electron chi connectivity index (χ4n) is 1.87. The largest absolute Gasteiger partial charge is 0.382 e. The molecule has 0 radical (unpaired) electrons. The molecular formula is C11H18N4O2S. The third-order valence-electron chi connectivity index (χ3n) is 2.95. The van der Waals surface area contributed by atoms with Crippen molar-refractivity contribution in [1.29, 1.82) is 0 Å². The van der Waals surface area contributed by atoms with Gasteiger partial charge in [0.2, 0.25) is 0 Å². The van der Waals surface area contributed by atoms with Crippen molar-refractivity contribution < 1.29 is 9.53 Å². The molecule has 0 saturated carbocycles. The molecule has 6 nitrogen and oxygen atoms in total. The molecule has 1 saturated heterocycles. The fourth-order valence-corrected chi connectivity index (χ4v) is 2.80. The van der Waals surface area contributed by atoms with Crippen molar-refractivity contribution in [3.8, 4) is 0 Å². The summed E-state index contributed by atoms with van der Waals surface area (Å²) in [6.45, 7) is 4.04. The second-order valence-electron chi connectivity index (χ2n) is 4.20. The minimum atomic E-state index is -0.0790. The highest BCUT2D eigenvalue weighted by molar-refractivity contribution is 7.18. The lowest BCUT2D eigenvalue weighted by molar-refractivity contribution is 0.0717. The van der Waals surface area contributed by atoms with Crippen molar-refractivity contribution in [2.24, 2.45) is 0 Å². The van der Waals surface area contributed by atoms with Crippen molar-refractivity contribution in [2.75, 3.05) is 37.9 Å². The Bertz CT molecular complexity index is 429. The lowest BCUT2D eigenvalue weighted by atomic mass is 10.2. The zero-order valence-corrected chi connectivity index (χ0v) is 11.4. The van der Waals surface area contributed by atoms with Crippen LogP contribution in [0.4, 0.5) is 10.9 Å². The number of ether oxygens (including phenoxy) is 1. The van der Waals surface area contributed by atoms with Crippen LogP contribution in [0.2, 0.25) is 0 Å². The van der Waals surface area contributed by atoms with E-state index in [2.05, 4.69) is 10.3 Å². The summed E-state index contributed by atoms with van der Waals surface area (Å²) in [5, 5.41) is 3.75. The number of amides is 1. The number of hydrogen-bond donors (Lipinski definition) is 2. The second kappa shape index (κ2) is 5.53. The molecule has 1 amide bonds. The molecule has 2 rings (SSSR count). The number of likely N-dealkylation sites (N-methyl/N-ethyl adjacent to an activating group) is 1. The summed E-state index contributed by atoms with van der Waals surface area (Å²) in [4.78, 5) is 18.6. The molecule has 1 unspecified atom stereocenters. The highest BCUT2D eigenvalue weighted by Crippen LogP contribution is 2.27. The number of carbonyl (C=O) groups excluding carboxylic acids is 1. The van der Waals surface area contributed by atoms with Crippen molar-refractivity contribution in [1.82, 2.24) is 9.88 Å². The number of nitrogens with zero attached hydrogens (tertiary/aromatic N) is 2. The van der Waals surface area contributed by atoms with Gasteiger partial charge in [-0.05, 0) is 13.3 Å². The third-order valence-corrected chi connectivity index (χ3v) is 3.97. The third kappa shape index (κ3) is 2.56. The topological polar surface area (TPSA) is 80.5 Å². The molecule has 18 heavy (non-hydrogen) atoms. The lowest BCUT2D eigenvalue weighted by Crippen LogP contribution is -2.37. The Labute approximate surface area is 110 Å². The summed E-state index contributed by atoms with van der Waals surface area (Å²) < 4.78 is 5.29. The number of anilines is 2. The minimum Gasteiger partial charge on any atom is -0.382 e. The predicted molar refractivity (Wildman–Crippen MR) is 72.0 cm³/mol. The van der Waals surface area contributed by atoms with Gasteiger partial charge in [-0.2, -0.15) is 0 Å². The van der Waals surface area contributed by atoms with Crippen molar-refractivity contribution in [2.45, 2.75) is 19.4 Å². The molecule has 0 spiro atoms. The molecule has 1 atom stereocenters. The fraction of sp³-hybridized carbons (Fsp3) is 0.636. The number of nitrogen functional groups attached to an aromatic ring is 1. The van der Waals surface area contributed by atoms with Gasteiger partial charge in [-0.1, -0.05) is 11.3 Å². The minimum absolute atomic E-state index is 0.0790. The summed E-state index contributed by atoms with van der Waals surface area (Å²) in [5.41, 5.74) is 5.79. The van der Waals surface area contributed by atoms with Crippen LogP contribution >= 0.6 is 11.3 Å². The molecule has 0 aliphatic carbocycles. The van der Waals surface area contributed by atoms with E-state index in [1.165, 1.54) is 11.3 Å². The maximum Gasteiger partial charge on any atom is 0.267 e. The molecule has 1 aliphatic rings. The number of nitrogens with one attached hydrogen (secondary N) is 1. The average Bonchev–Trinajstić information content (AvgIpc) is 2.97. The van der Waals surface area contributed by atoms with Gasteiger partial charge in [-0.15, -0.1) is 0 Å². The van der Waals surface area contributed by atoms with Crippen molar-refractivity contribution in [3.63, 3.8) is 0 Å². The molecule has 0 bridgehead atoms. The van der Waals surface area contributed by atoms with E-state index in [0.29, 0.717) is 29.0 Å². The second-order valence-corrected chi connectivity index (χ2v) is 5.20. The van der Waals surface area contributed by atoms with Crippen LogP contribution in [0.1, 0.15) is 23.0 Å². The molecule has 0 aromatic carbocycles. The van der Waals surface area contributed by atoms with Gasteiger partial charge in [0.25, 0.3) is 5.91 Å². The number of rotatable bonds is 4. The van der Waals surface area contributed by atoms with Crippen molar-refractivity contribution in [3.05, 3.63) is 4.88 Å². The van der Waals surface area contributed by atoms with Gasteiger partial charge in [-0.3, -0.25) is 4.79 Å². The van der Waals surface area contributed by atoms with Crippen LogP contribution in [0, 0.1) is 0 Å². The van der Waals surface area contributed by atoms with E-state index >= 15 is 0 Å². The standard InChI is InChI=1S/C11H18N4O2S/c1-3-13-11-14-9(12)8(18-11)10(16)15(2)7-4-5-17-6-7/h7H,3-6,12H2,1-2H3,(H,13,14). The molecule has 1 fully saturated rings. The van der Waals surface area contributed by atoms with Crippen LogP contribution in [0.25, 0.3) is 0 Å². The monoisotopic (exact) mass is 270 g/mol. The Hall–Kier alpha value is -1.34. The van der Waals surface area contributed by atoms with Crippen LogP contribution in [0.3, 0.4) is 0 Å². The van der Waals surface area contributed by atoms with Crippen LogP contribution < -0.4 is 11.1 Å². The van der Waals surface area contributed by atoms with Crippen LogP contribution in [-0.4, -0.2) is 48.6 Å². The Morgan fingerprint density at radius 1 is 1.72 bits per heavy atom. The molecule has 1 aromatic heterocycles. The van der Waals surface area contributed by atoms with Gasteiger partial charge in [-0.25, -0.2) is 4.98 Å². The van der Waals surface area contributed by atoms with Gasteiger partial charge in [0, 0.05) is 20.2 Å². The number of thiazole rings is 1. The van der Waals surface area contributed by atoms with E-state index in [1.54, 1.807) is 11.9 Å². The smallest absolute Gasteiger partial charge is 0.267 e. The number of hydrogen-bond acceptors (Lipinski definition) is 6. The number of aromatic nitrogens is 1. The normalized spacial score (nSPS) is 18.9. The Balaban J connectivity index is 2.12. The van der Waals surface area contributed by atoms with Gasteiger partial charge in [0.15, 0.2) is 5.13 Å². The maximum absolute atomic E-state index is 12.3. The van der Waals surface area contributed by atoms with E-state index in [9.17, 15) is 4.79 Å². The molecule has 3 N–H and O–H groups in total. The van der Waals surface area contributed by atoms with E-state index in [0.717, 1.165) is 13.0 Å². The zero-order chi connectivity index (χ0) is 13.1. The summed E-state index contributed by atoms with van der Waals surface area (Å²) >= 11 is 1.30. The first-order valence-electron chi connectivity index (χ1n) is 5.98. The molecule has 1 aromatic rings. The molecule has 2 heterocycles. The Morgan fingerprint density at radius 2 is 2.50 bits per heavy atom. The zero-order valence-electron chi connectivity index (χ0n) is 10.6. The molecule has 7 heteroatoms. The summed E-state index contributed by atoms with van der Waals surface area (Å²) in [6, 6.07) is 0.140. The maximum atomic E-state index is 12.3. The van der Waals surface area contributed by atoms with Gasteiger partial charge < -0.3 is 20.7 Å². The highest BCUT2D eigenvalue weighted by atomic mass is 32.1. The Kier molecular flexibility index (Phi) is 4.03. The molecular weight excluding hydrogens is 252 g/mol. The Morgan fingerprint density at radius 3 is 3.11 bits per heavy atom. The van der Waals surface area contributed by atoms with Crippen LogP contribution in [0.5, 0.6) is 0 Å². The number of nitrogens with two attached hydrogens (primary N) is 1. The van der Waals surface area contributed by atoms with E-state index in [1.807, 2.05) is 6.92 Å². The quantitative estimate of drug-likeness (QED) is 0.853. The summed E-state index contributed by atoms with van der Waals surface area (Å²) in [5.74, 6) is 0.219. The van der Waals surface area contributed by atoms with Crippen molar-refractivity contribution >= 4 is 28.2 Å². The first kappa shape index (κ1) is 13.1. The van der Waals surface area contributed by atoms with Gasteiger partial charge >= 0.3 is 0 Å². The molecule has 1 aliphatic heterocycles. The van der Waals surface area contributed by atoms with E-state index < -0.39 is 0 Å². The number of carbonyl (C=O) groups is 1. The molecule has 100 valence electrons. The van der Waals surface area contributed by atoms with Crippen LogP contribution in [-0.2, 0) is 4.74 Å². The first-order chi connectivity index (χ1) is 8.63.